The van der Waals surface area contributed by atoms with E-state index in [1.165, 1.54) is 47.6 Å². The van der Waals surface area contributed by atoms with Gasteiger partial charge in [0, 0.05) is 65.7 Å². The average Bonchev–Trinajstić information content (AvgIpc) is 3.73. The molecule has 20 nitrogen and oxygen atoms in total. The molecule has 424 valence electrons. The van der Waals surface area contributed by atoms with Gasteiger partial charge in [-0.2, -0.15) is 18.2 Å². The van der Waals surface area contributed by atoms with Crippen LogP contribution in [0.5, 0.6) is 5.75 Å². The molecule has 1 amide bonds. The molecule has 0 aromatic heterocycles. The van der Waals surface area contributed by atoms with Crippen LogP contribution in [0.1, 0.15) is 110 Å². The molecule has 6 rings (SSSR count). The predicted octanol–water partition coefficient (Wildman–Crippen LogP) is -0.413. The topological polar surface area (TPSA) is 287 Å². The van der Waals surface area contributed by atoms with Crippen LogP contribution >= 0.6 is 0 Å². The van der Waals surface area contributed by atoms with Crippen LogP contribution in [0.15, 0.2) is 122 Å². The zero-order chi connectivity index (χ0) is 56.9. The fourth-order valence-corrected chi connectivity index (χ4v) is 10.6. The molecule has 26 heteroatoms. The third-order valence-electron chi connectivity index (χ3n) is 13.6. The number of carbonyl (C=O) groups excluding carboxylic acids is 1. The molecule has 2 heterocycles. The number of benzene rings is 3. The van der Waals surface area contributed by atoms with Crippen molar-refractivity contribution < 1.29 is 156 Å². The van der Waals surface area contributed by atoms with Gasteiger partial charge >= 0.3 is 99.3 Å². The monoisotopic (exact) mass is 1200 g/mol. The van der Waals surface area contributed by atoms with E-state index < -0.39 is 36.3 Å². The first-order valence-electron chi connectivity index (χ1n) is 26.0. The zero-order valence-corrected chi connectivity index (χ0v) is 56.4. The normalized spacial score (nSPS) is 16.1. The molecule has 0 saturated carbocycles. The van der Waals surface area contributed by atoms with E-state index in [4.69, 9.17) is 37.1 Å². The Bertz CT molecular complexity index is 3140. The number of nitrogens with one attached hydrogen (secondary N) is 1. The van der Waals surface area contributed by atoms with E-state index in [-0.39, 0.29) is 116 Å². The van der Waals surface area contributed by atoms with Gasteiger partial charge in [-0.3, -0.25) is 4.79 Å². The van der Waals surface area contributed by atoms with Crippen molar-refractivity contribution in [2.24, 2.45) is 5.11 Å². The molecular weight excluding hydrogens is 1130 g/mol. The summed E-state index contributed by atoms with van der Waals surface area (Å²) in [6.45, 7) is 14.9. The van der Waals surface area contributed by atoms with E-state index in [1.54, 1.807) is 6.07 Å². The minimum atomic E-state index is -4.74. The summed E-state index contributed by atoms with van der Waals surface area (Å²) in [7, 11) is -12.5. The molecule has 0 saturated heterocycles. The SMILES string of the molecule is CCCCC[N+]1=C(/C=C/C2=C(Oc3ccc(S(=O)(=O)[O-])cc3)C(=C/C=C3/N(CCCCCC(=O)NCCOCCOCCOCCN=[N+]=[N-])c4ccc(S(=O)(=O)[O-])cc4C3(C)C)/CCC2)C(C)(C)c2c[c-]ccc21.O=S(=O)=O.[Na+].[Na+].[Na+]. The van der Waals surface area contributed by atoms with Crippen molar-refractivity contribution in [3.63, 3.8) is 0 Å². The minimum Gasteiger partial charge on any atom is -0.744 e. The van der Waals surface area contributed by atoms with Crippen molar-refractivity contribution in [3.05, 3.63) is 135 Å². The largest absolute Gasteiger partial charge is 1.00 e. The van der Waals surface area contributed by atoms with Crippen molar-refractivity contribution in [2.45, 2.75) is 119 Å². The second kappa shape index (κ2) is 36.1. The number of azide groups is 1. The number of carbonyl (C=O) groups is 1. The Morgan fingerprint density at radius 3 is 2.10 bits per heavy atom. The fraction of sp³-hybridized carbons (Fsp3) is 0.491. The maximum absolute atomic E-state index is 12.7. The first-order chi connectivity index (χ1) is 37.1. The summed E-state index contributed by atoms with van der Waals surface area (Å²) in [6, 6.07) is 19.4. The zero-order valence-electron chi connectivity index (χ0n) is 47.9. The molecule has 3 aromatic carbocycles. The molecule has 2 aliphatic heterocycles. The molecule has 0 radical (unpaired) electrons. The summed E-state index contributed by atoms with van der Waals surface area (Å²) in [5.74, 6) is 0.895. The number of allylic oxidation sites excluding steroid dienone is 7. The fourth-order valence-electron chi connectivity index (χ4n) is 9.65. The van der Waals surface area contributed by atoms with Crippen molar-refractivity contribution in [3.8, 4) is 5.75 Å². The third kappa shape index (κ3) is 22.4. The number of rotatable bonds is 29. The number of fused-ring (bicyclic) bond motifs is 2. The van der Waals surface area contributed by atoms with Crippen LogP contribution in [0.2, 0.25) is 0 Å². The van der Waals surface area contributed by atoms with Crippen LogP contribution in [-0.2, 0) is 60.7 Å². The van der Waals surface area contributed by atoms with E-state index in [9.17, 15) is 30.7 Å². The second-order valence-corrected chi connectivity index (χ2v) is 22.9. The van der Waals surface area contributed by atoms with E-state index in [0.717, 1.165) is 66.9 Å². The minimum absolute atomic E-state index is 0. The number of amides is 1. The van der Waals surface area contributed by atoms with Crippen LogP contribution in [0, 0.1) is 6.07 Å². The van der Waals surface area contributed by atoms with E-state index in [2.05, 4.69) is 75.9 Å². The standard InChI is InChI=1S/C55H72N6O11S2.3Na.O3S/c1-6-7-12-32-60-48-18-11-10-17-46(48)54(2,3)50(60)28-20-41-15-14-16-42(53(41)72-43-22-24-44(25-23-43)73(63,64)65)21-29-51-55(4,5)47-40-45(74(66,67)68)26-27-49(47)61(51)33-13-8-9-19-52(62)57-30-34-69-36-38-71-39-37-70-35-31-58-59-56;;;;1-4(2)3/h11,17-18,20-29,40H,6-9,12-16,19,30-39H2,1-5H3,(H,57,62)(H,63,64,65)(H,66,67,68);;;;/q;3*+1;/p-2. The maximum atomic E-state index is 12.7. The number of anilines is 1. The van der Waals surface area contributed by atoms with Crippen LogP contribution in [-0.4, -0.2) is 121 Å². The molecule has 0 atom stereocenters. The summed E-state index contributed by atoms with van der Waals surface area (Å²) in [5.41, 5.74) is 15.0. The van der Waals surface area contributed by atoms with Gasteiger partial charge in [0.05, 0.1) is 49.4 Å². The number of hydrogen-bond donors (Lipinski definition) is 1. The number of ether oxygens (including phenoxy) is 4. The molecular formula is C55H70N6Na3O14S3+. The van der Waals surface area contributed by atoms with Gasteiger partial charge in [-0.25, -0.2) is 21.4 Å². The summed E-state index contributed by atoms with van der Waals surface area (Å²) < 4.78 is 123. The third-order valence-corrected chi connectivity index (χ3v) is 15.2. The number of unbranched alkanes of at least 4 members (excludes halogenated alkanes) is 4. The van der Waals surface area contributed by atoms with Gasteiger partial charge in [-0.1, -0.05) is 64.2 Å². The predicted molar refractivity (Wildman–Crippen MR) is 291 cm³/mol. The summed E-state index contributed by atoms with van der Waals surface area (Å²) in [6.07, 6.45) is 16.2. The van der Waals surface area contributed by atoms with Crippen LogP contribution in [0.3, 0.4) is 0 Å². The average molecular weight is 1200 g/mol. The van der Waals surface area contributed by atoms with Crippen LogP contribution < -0.4 is 104 Å². The van der Waals surface area contributed by atoms with Gasteiger partial charge in [0.1, 0.15) is 44.0 Å². The molecule has 1 N–H and O–H groups in total. The number of hydrogen-bond acceptors (Lipinski definition) is 16. The van der Waals surface area contributed by atoms with E-state index >= 15 is 0 Å². The van der Waals surface area contributed by atoms with E-state index in [1.807, 2.05) is 32.1 Å². The Balaban J connectivity index is 0.00000310. The Morgan fingerprint density at radius 2 is 1.46 bits per heavy atom. The maximum Gasteiger partial charge on any atom is 1.00 e. The summed E-state index contributed by atoms with van der Waals surface area (Å²) in [5, 5.41) is 6.29. The van der Waals surface area contributed by atoms with Gasteiger partial charge < -0.3 is 38.3 Å². The van der Waals surface area contributed by atoms with Gasteiger partial charge in [0.15, 0.2) is 5.71 Å². The van der Waals surface area contributed by atoms with Gasteiger partial charge in [-0.05, 0) is 115 Å². The Morgan fingerprint density at radius 1 is 0.815 bits per heavy atom. The summed E-state index contributed by atoms with van der Waals surface area (Å²) in [4.78, 5) is 16.8. The van der Waals surface area contributed by atoms with Gasteiger partial charge in [0.25, 0.3) is 0 Å². The van der Waals surface area contributed by atoms with Gasteiger partial charge in [-0.15, -0.1) is 18.7 Å². The molecule has 0 spiro atoms. The molecule has 81 heavy (non-hydrogen) atoms. The van der Waals surface area contributed by atoms with Crippen molar-refractivity contribution >= 4 is 53.8 Å². The molecule has 1 aliphatic carbocycles. The first-order valence-corrected chi connectivity index (χ1v) is 29.8. The molecule has 0 fully saturated rings. The van der Waals surface area contributed by atoms with Crippen molar-refractivity contribution in [2.75, 3.05) is 70.7 Å². The second-order valence-electron chi connectivity index (χ2n) is 19.7. The molecule has 0 bridgehead atoms. The summed E-state index contributed by atoms with van der Waals surface area (Å²) >= 11 is 0. The Hall–Kier alpha value is -3.01. The molecule has 3 aromatic rings. The molecule has 0 unspecified atom stereocenters. The van der Waals surface area contributed by atoms with E-state index in [0.29, 0.717) is 102 Å². The quantitative estimate of drug-likeness (QED) is 0.0135. The van der Waals surface area contributed by atoms with Crippen molar-refractivity contribution in [1.29, 1.82) is 0 Å². The molecule has 3 aliphatic rings. The van der Waals surface area contributed by atoms with Gasteiger partial charge in [0.2, 0.25) is 5.91 Å². The number of nitrogens with zero attached hydrogens (tertiary/aromatic N) is 5. The first kappa shape index (κ1) is 74.1. The Kier molecular flexibility index (Phi) is 33.0. The van der Waals surface area contributed by atoms with Crippen LogP contribution in [0.4, 0.5) is 11.4 Å². The van der Waals surface area contributed by atoms with Crippen molar-refractivity contribution in [1.82, 2.24) is 5.32 Å². The van der Waals surface area contributed by atoms with Crippen LogP contribution in [0.25, 0.3) is 10.4 Å². The smallest absolute Gasteiger partial charge is 0.744 e. The Labute approximate surface area is 545 Å².